The van der Waals surface area contributed by atoms with Gasteiger partial charge in [-0.25, -0.2) is 4.98 Å². The Kier molecular flexibility index (Phi) is 3.06. The van der Waals surface area contributed by atoms with Crippen LogP contribution in [0.3, 0.4) is 0 Å². The van der Waals surface area contributed by atoms with Crippen LogP contribution in [0, 0.1) is 13.8 Å². The SMILES string of the molecule is Cc1ncn(-c2ccccc2CCN)c1C. The Morgan fingerprint density at radius 1 is 1.25 bits per heavy atom. The van der Waals surface area contributed by atoms with Crippen LogP contribution < -0.4 is 5.73 Å². The van der Waals surface area contributed by atoms with Crippen molar-refractivity contribution >= 4 is 0 Å². The number of aromatic nitrogens is 2. The Morgan fingerprint density at radius 3 is 2.62 bits per heavy atom. The van der Waals surface area contributed by atoms with Crippen molar-refractivity contribution in [2.45, 2.75) is 20.3 Å². The van der Waals surface area contributed by atoms with Gasteiger partial charge in [-0.2, -0.15) is 0 Å². The van der Waals surface area contributed by atoms with Gasteiger partial charge in [0, 0.05) is 11.4 Å². The Morgan fingerprint density at radius 2 is 2.00 bits per heavy atom. The fourth-order valence-corrected chi connectivity index (χ4v) is 1.85. The average molecular weight is 215 g/mol. The van der Waals surface area contributed by atoms with Gasteiger partial charge in [-0.3, -0.25) is 0 Å². The summed E-state index contributed by atoms with van der Waals surface area (Å²) in [5.41, 5.74) is 10.3. The first-order valence-corrected chi connectivity index (χ1v) is 5.53. The maximum atomic E-state index is 5.63. The standard InChI is InChI=1S/C13H17N3/c1-10-11(2)16(9-15-10)13-6-4-3-5-12(13)7-8-14/h3-6,9H,7-8,14H2,1-2H3. The summed E-state index contributed by atoms with van der Waals surface area (Å²) in [6.07, 6.45) is 2.77. The van der Waals surface area contributed by atoms with Crippen molar-refractivity contribution in [3.8, 4) is 5.69 Å². The second-order valence-corrected chi connectivity index (χ2v) is 3.95. The van der Waals surface area contributed by atoms with Crippen LogP contribution >= 0.6 is 0 Å². The molecule has 0 bridgehead atoms. The zero-order valence-electron chi connectivity index (χ0n) is 9.77. The second kappa shape index (κ2) is 4.49. The molecular formula is C13H17N3. The Labute approximate surface area is 95.9 Å². The molecule has 84 valence electrons. The molecule has 0 aliphatic heterocycles. The summed E-state index contributed by atoms with van der Waals surface area (Å²) >= 11 is 0. The number of imidazole rings is 1. The van der Waals surface area contributed by atoms with Crippen LogP contribution in [0.1, 0.15) is 17.0 Å². The van der Waals surface area contributed by atoms with Gasteiger partial charge >= 0.3 is 0 Å². The number of aryl methyl sites for hydroxylation is 1. The first-order valence-electron chi connectivity index (χ1n) is 5.53. The van der Waals surface area contributed by atoms with Crippen molar-refractivity contribution in [1.82, 2.24) is 9.55 Å². The molecule has 1 aromatic heterocycles. The van der Waals surface area contributed by atoms with Gasteiger partial charge in [-0.1, -0.05) is 18.2 Å². The zero-order chi connectivity index (χ0) is 11.5. The largest absolute Gasteiger partial charge is 0.330 e. The summed E-state index contributed by atoms with van der Waals surface area (Å²) in [7, 11) is 0. The monoisotopic (exact) mass is 215 g/mol. The van der Waals surface area contributed by atoms with Gasteiger partial charge in [-0.05, 0) is 38.4 Å². The third-order valence-electron chi connectivity index (χ3n) is 2.92. The lowest BCUT2D eigenvalue weighted by atomic mass is 10.1. The summed E-state index contributed by atoms with van der Waals surface area (Å²) in [6, 6.07) is 8.33. The molecule has 0 saturated heterocycles. The smallest absolute Gasteiger partial charge is 0.0997 e. The fourth-order valence-electron chi connectivity index (χ4n) is 1.85. The molecule has 2 N–H and O–H groups in total. The summed E-state index contributed by atoms with van der Waals surface area (Å²) in [5, 5.41) is 0. The molecule has 1 aromatic carbocycles. The van der Waals surface area contributed by atoms with E-state index in [-0.39, 0.29) is 0 Å². The van der Waals surface area contributed by atoms with E-state index in [1.165, 1.54) is 16.9 Å². The highest BCUT2D eigenvalue weighted by Crippen LogP contribution is 2.18. The number of nitrogens with two attached hydrogens (primary N) is 1. The van der Waals surface area contributed by atoms with Crippen LogP contribution in [0.15, 0.2) is 30.6 Å². The fraction of sp³-hybridized carbons (Fsp3) is 0.308. The van der Waals surface area contributed by atoms with Crippen LogP contribution in [0.4, 0.5) is 0 Å². The number of benzene rings is 1. The Hall–Kier alpha value is -1.61. The van der Waals surface area contributed by atoms with Crippen molar-refractivity contribution < 1.29 is 0 Å². The zero-order valence-corrected chi connectivity index (χ0v) is 9.77. The van der Waals surface area contributed by atoms with Crippen molar-refractivity contribution in [1.29, 1.82) is 0 Å². The number of hydrogen-bond donors (Lipinski definition) is 1. The highest BCUT2D eigenvalue weighted by atomic mass is 15.1. The average Bonchev–Trinajstić information content (AvgIpc) is 2.61. The molecule has 0 amide bonds. The highest BCUT2D eigenvalue weighted by Gasteiger charge is 2.07. The Balaban J connectivity index is 2.51. The maximum absolute atomic E-state index is 5.63. The van der Waals surface area contributed by atoms with Crippen LogP contribution in [0.2, 0.25) is 0 Å². The first kappa shape index (κ1) is 10.9. The van der Waals surface area contributed by atoms with Gasteiger partial charge in [0.05, 0.1) is 12.0 Å². The van der Waals surface area contributed by atoms with Gasteiger partial charge in [-0.15, -0.1) is 0 Å². The number of para-hydroxylation sites is 1. The Bertz CT molecular complexity index is 486. The van der Waals surface area contributed by atoms with E-state index in [4.69, 9.17) is 5.73 Å². The van der Waals surface area contributed by atoms with E-state index in [2.05, 4.69) is 28.6 Å². The minimum absolute atomic E-state index is 0.670. The molecule has 1 heterocycles. The lowest BCUT2D eigenvalue weighted by Gasteiger charge is -2.11. The van der Waals surface area contributed by atoms with Crippen molar-refractivity contribution in [3.63, 3.8) is 0 Å². The van der Waals surface area contributed by atoms with Gasteiger partial charge in [0.15, 0.2) is 0 Å². The lowest BCUT2D eigenvalue weighted by Crippen LogP contribution is -2.07. The molecule has 0 spiro atoms. The molecule has 2 aromatic rings. The van der Waals surface area contributed by atoms with E-state index in [0.717, 1.165) is 12.1 Å². The molecule has 16 heavy (non-hydrogen) atoms. The second-order valence-electron chi connectivity index (χ2n) is 3.95. The number of nitrogens with zero attached hydrogens (tertiary/aromatic N) is 2. The van der Waals surface area contributed by atoms with Crippen molar-refractivity contribution in [3.05, 3.63) is 47.5 Å². The molecule has 0 radical (unpaired) electrons. The third kappa shape index (κ3) is 1.86. The molecule has 3 heteroatoms. The minimum Gasteiger partial charge on any atom is -0.330 e. The number of rotatable bonds is 3. The topological polar surface area (TPSA) is 43.8 Å². The molecule has 0 fully saturated rings. The van der Waals surface area contributed by atoms with E-state index < -0.39 is 0 Å². The first-order chi connectivity index (χ1) is 7.74. The third-order valence-corrected chi connectivity index (χ3v) is 2.92. The van der Waals surface area contributed by atoms with Crippen molar-refractivity contribution in [2.24, 2.45) is 5.73 Å². The van der Waals surface area contributed by atoms with Gasteiger partial charge in [0.1, 0.15) is 0 Å². The van der Waals surface area contributed by atoms with Crippen LogP contribution in [0.25, 0.3) is 5.69 Å². The molecule has 0 saturated carbocycles. The molecule has 2 rings (SSSR count). The van der Waals surface area contributed by atoms with Gasteiger partial charge in [0.25, 0.3) is 0 Å². The molecule has 3 nitrogen and oxygen atoms in total. The molecule has 0 atom stereocenters. The highest BCUT2D eigenvalue weighted by molar-refractivity contribution is 5.43. The number of hydrogen-bond acceptors (Lipinski definition) is 2. The van der Waals surface area contributed by atoms with Crippen LogP contribution in [0.5, 0.6) is 0 Å². The molecule has 0 aliphatic carbocycles. The molecule has 0 unspecified atom stereocenters. The van der Waals surface area contributed by atoms with E-state index in [1.807, 2.05) is 25.4 Å². The normalized spacial score (nSPS) is 10.7. The molecule has 0 aliphatic rings. The van der Waals surface area contributed by atoms with E-state index in [0.29, 0.717) is 6.54 Å². The molecular weight excluding hydrogens is 198 g/mol. The van der Waals surface area contributed by atoms with E-state index >= 15 is 0 Å². The van der Waals surface area contributed by atoms with Crippen LogP contribution in [-0.2, 0) is 6.42 Å². The van der Waals surface area contributed by atoms with Gasteiger partial charge < -0.3 is 10.3 Å². The quantitative estimate of drug-likeness (QED) is 0.851. The van der Waals surface area contributed by atoms with Crippen LogP contribution in [-0.4, -0.2) is 16.1 Å². The van der Waals surface area contributed by atoms with Gasteiger partial charge in [0.2, 0.25) is 0 Å². The maximum Gasteiger partial charge on any atom is 0.0997 e. The predicted molar refractivity (Wildman–Crippen MR) is 65.8 cm³/mol. The van der Waals surface area contributed by atoms with Crippen molar-refractivity contribution in [2.75, 3.05) is 6.54 Å². The minimum atomic E-state index is 0.670. The van der Waals surface area contributed by atoms with E-state index in [1.54, 1.807) is 0 Å². The summed E-state index contributed by atoms with van der Waals surface area (Å²) < 4.78 is 2.13. The lowest BCUT2D eigenvalue weighted by molar-refractivity contribution is 0.920. The summed E-state index contributed by atoms with van der Waals surface area (Å²) in [6.45, 7) is 4.78. The van der Waals surface area contributed by atoms with E-state index in [9.17, 15) is 0 Å². The summed E-state index contributed by atoms with van der Waals surface area (Å²) in [5.74, 6) is 0. The predicted octanol–water partition coefficient (Wildman–Crippen LogP) is 1.99. The summed E-state index contributed by atoms with van der Waals surface area (Å²) in [4.78, 5) is 4.33.